The maximum atomic E-state index is 13.5. The molecule has 3 heterocycles. The predicted molar refractivity (Wildman–Crippen MR) is 145 cm³/mol. The summed E-state index contributed by atoms with van der Waals surface area (Å²) in [5, 5.41) is 8.94. The third kappa shape index (κ3) is 4.84. The van der Waals surface area contributed by atoms with Gasteiger partial charge < -0.3 is 15.1 Å². The van der Waals surface area contributed by atoms with Crippen molar-refractivity contribution in [2.75, 3.05) is 38.1 Å². The number of rotatable bonds is 6. The molecule has 1 aliphatic rings. The van der Waals surface area contributed by atoms with Gasteiger partial charge in [0.1, 0.15) is 5.69 Å². The minimum absolute atomic E-state index is 0.0614. The maximum absolute atomic E-state index is 13.5. The van der Waals surface area contributed by atoms with Gasteiger partial charge >= 0.3 is 0 Å². The van der Waals surface area contributed by atoms with E-state index < -0.39 is 0 Å². The third-order valence-corrected chi connectivity index (χ3v) is 7.12. The predicted octanol–water partition coefficient (Wildman–Crippen LogP) is 4.67. The highest BCUT2D eigenvalue weighted by molar-refractivity contribution is 5.97. The molecule has 0 bridgehead atoms. The summed E-state index contributed by atoms with van der Waals surface area (Å²) < 4.78 is 1.90. The average Bonchev–Trinajstić information content (AvgIpc) is 3.38. The van der Waals surface area contributed by atoms with Gasteiger partial charge in [-0.15, -0.1) is 0 Å². The molecule has 1 saturated heterocycles. The van der Waals surface area contributed by atoms with Gasteiger partial charge in [0, 0.05) is 55.6 Å². The molecule has 0 spiro atoms. The van der Waals surface area contributed by atoms with Crippen LogP contribution in [0.2, 0.25) is 0 Å². The van der Waals surface area contributed by atoms with Gasteiger partial charge in [0.25, 0.3) is 5.91 Å². The molecule has 0 radical (unpaired) electrons. The van der Waals surface area contributed by atoms with E-state index in [9.17, 15) is 4.79 Å². The second-order valence-electron chi connectivity index (χ2n) is 9.66. The van der Waals surface area contributed by atoms with Crippen LogP contribution >= 0.6 is 0 Å². The summed E-state index contributed by atoms with van der Waals surface area (Å²) in [5.41, 5.74) is 6.37. The van der Waals surface area contributed by atoms with Crippen molar-refractivity contribution < 1.29 is 4.79 Å². The Morgan fingerprint density at radius 1 is 1.03 bits per heavy atom. The van der Waals surface area contributed by atoms with Crippen LogP contribution < -0.4 is 10.2 Å². The Kier molecular flexibility index (Phi) is 6.74. The number of nitrogens with one attached hydrogen (secondary N) is 1. The molecular formula is C29H34N6O. The van der Waals surface area contributed by atoms with E-state index in [1.807, 2.05) is 55.1 Å². The fourth-order valence-corrected chi connectivity index (χ4v) is 4.83. The molecule has 0 saturated carbocycles. The lowest BCUT2D eigenvalue weighted by Crippen LogP contribution is -2.44. The van der Waals surface area contributed by atoms with Crippen molar-refractivity contribution >= 4 is 22.5 Å². The highest BCUT2D eigenvalue weighted by Gasteiger charge is 2.20. The minimum atomic E-state index is -0.205. The van der Waals surface area contributed by atoms with E-state index in [0.29, 0.717) is 0 Å². The largest absolute Gasteiger partial charge is 0.369 e. The Morgan fingerprint density at radius 3 is 2.56 bits per heavy atom. The third-order valence-electron chi connectivity index (χ3n) is 7.12. The Labute approximate surface area is 212 Å². The normalized spacial score (nSPS) is 15.3. The van der Waals surface area contributed by atoms with Crippen molar-refractivity contribution in [3.05, 3.63) is 77.5 Å². The van der Waals surface area contributed by atoms with Gasteiger partial charge in [0.15, 0.2) is 0 Å². The fraction of sp³-hybridized carbons (Fsp3) is 0.345. The quantitative estimate of drug-likeness (QED) is 0.433. The number of fused-ring (bicyclic) bond motifs is 1. The molecule has 1 amide bonds. The standard InChI is InChI=1S/C29H34N6O/c1-5-35-13-12-27(32-35)28-19-25(23-8-6-7-9-26(23)31-28)21(3)30-29(36)24-18-22(11-10-20(24)2)34-16-14-33(4)15-17-34/h6-13,18-19,21H,5,14-17H2,1-4H3,(H,30,36). The Hall–Kier alpha value is -3.71. The van der Waals surface area contributed by atoms with E-state index in [2.05, 4.69) is 58.5 Å². The number of hydrogen-bond donors (Lipinski definition) is 1. The van der Waals surface area contributed by atoms with E-state index in [-0.39, 0.29) is 11.9 Å². The van der Waals surface area contributed by atoms with Gasteiger partial charge in [0.2, 0.25) is 0 Å². The average molecular weight is 483 g/mol. The first-order chi connectivity index (χ1) is 17.4. The first-order valence-electron chi connectivity index (χ1n) is 12.7. The summed E-state index contributed by atoms with van der Waals surface area (Å²) in [5.74, 6) is -0.0614. The molecule has 1 aliphatic heterocycles. The second-order valence-corrected chi connectivity index (χ2v) is 9.66. The molecule has 7 heteroatoms. The zero-order chi connectivity index (χ0) is 25.2. The van der Waals surface area contributed by atoms with Crippen molar-refractivity contribution in [3.63, 3.8) is 0 Å². The molecule has 1 unspecified atom stereocenters. The van der Waals surface area contributed by atoms with Crippen LogP contribution in [0.5, 0.6) is 0 Å². The molecule has 1 N–H and O–H groups in total. The van der Waals surface area contributed by atoms with Crippen LogP contribution in [0.15, 0.2) is 60.8 Å². The van der Waals surface area contributed by atoms with E-state index in [1.54, 1.807) is 0 Å². The molecule has 186 valence electrons. The summed E-state index contributed by atoms with van der Waals surface area (Å²) in [6.45, 7) is 10.9. The number of nitrogens with zero attached hydrogens (tertiary/aromatic N) is 5. The van der Waals surface area contributed by atoms with Gasteiger partial charge in [-0.1, -0.05) is 24.3 Å². The second kappa shape index (κ2) is 10.1. The van der Waals surface area contributed by atoms with Crippen LogP contribution in [0.1, 0.15) is 41.4 Å². The highest BCUT2D eigenvalue weighted by atomic mass is 16.1. The molecule has 36 heavy (non-hydrogen) atoms. The number of carbonyl (C=O) groups excluding carboxylic acids is 1. The number of anilines is 1. The van der Waals surface area contributed by atoms with Gasteiger partial charge in [-0.3, -0.25) is 9.48 Å². The lowest BCUT2D eigenvalue weighted by atomic mass is 10.00. The highest BCUT2D eigenvalue weighted by Crippen LogP contribution is 2.29. The van der Waals surface area contributed by atoms with Crippen LogP contribution in [0.4, 0.5) is 5.69 Å². The van der Waals surface area contributed by atoms with Crippen LogP contribution in [-0.2, 0) is 6.54 Å². The number of carbonyl (C=O) groups is 1. The van der Waals surface area contributed by atoms with Crippen molar-refractivity contribution in [2.24, 2.45) is 0 Å². The minimum Gasteiger partial charge on any atom is -0.369 e. The molecule has 2 aromatic carbocycles. The number of aromatic nitrogens is 3. The molecule has 1 atom stereocenters. The number of amides is 1. The Morgan fingerprint density at radius 2 is 1.81 bits per heavy atom. The van der Waals surface area contributed by atoms with Gasteiger partial charge in [-0.25, -0.2) is 4.98 Å². The smallest absolute Gasteiger partial charge is 0.252 e. The molecular weight excluding hydrogens is 448 g/mol. The number of piperazine rings is 1. The molecule has 1 fully saturated rings. The monoisotopic (exact) mass is 482 g/mol. The molecule has 7 nitrogen and oxygen atoms in total. The number of benzene rings is 2. The topological polar surface area (TPSA) is 66.3 Å². The van der Waals surface area contributed by atoms with E-state index in [0.717, 1.165) is 77.4 Å². The first-order valence-corrected chi connectivity index (χ1v) is 12.7. The number of hydrogen-bond acceptors (Lipinski definition) is 5. The lowest BCUT2D eigenvalue weighted by molar-refractivity contribution is 0.0939. The number of pyridine rings is 1. The zero-order valence-corrected chi connectivity index (χ0v) is 21.5. The molecule has 0 aliphatic carbocycles. The number of aryl methyl sites for hydroxylation is 2. The summed E-state index contributed by atoms with van der Waals surface area (Å²) in [4.78, 5) is 23.1. The lowest BCUT2D eigenvalue weighted by Gasteiger charge is -2.34. The first kappa shape index (κ1) is 24.0. The molecule has 5 rings (SSSR count). The molecule has 2 aromatic heterocycles. The van der Waals surface area contributed by atoms with E-state index in [1.165, 1.54) is 0 Å². The van der Waals surface area contributed by atoms with Crippen molar-refractivity contribution in [1.82, 2.24) is 25.0 Å². The van der Waals surface area contributed by atoms with Crippen LogP contribution in [0.3, 0.4) is 0 Å². The van der Waals surface area contributed by atoms with Crippen molar-refractivity contribution in [2.45, 2.75) is 33.4 Å². The molecule has 4 aromatic rings. The summed E-state index contributed by atoms with van der Waals surface area (Å²) in [6, 6.07) is 18.1. The number of para-hydroxylation sites is 1. The maximum Gasteiger partial charge on any atom is 0.252 e. The Balaban J connectivity index is 1.43. The Bertz CT molecular complexity index is 1390. The van der Waals surface area contributed by atoms with Crippen LogP contribution in [0, 0.1) is 6.92 Å². The van der Waals surface area contributed by atoms with Gasteiger partial charge in [0.05, 0.1) is 17.3 Å². The fourth-order valence-electron chi connectivity index (χ4n) is 4.83. The zero-order valence-electron chi connectivity index (χ0n) is 21.5. The van der Waals surface area contributed by atoms with Crippen molar-refractivity contribution in [3.8, 4) is 11.4 Å². The summed E-state index contributed by atoms with van der Waals surface area (Å²) in [6.07, 6.45) is 1.97. The summed E-state index contributed by atoms with van der Waals surface area (Å²) in [7, 11) is 2.15. The number of likely N-dealkylation sites (N-methyl/N-ethyl adjacent to an activating group) is 1. The van der Waals surface area contributed by atoms with Gasteiger partial charge in [-0.05, 0) is 69.3 Å². The summed E-state index contributed by atoms with van der Waals surface area (Å²) >= 11 is 0. The van der Waals surface area contributed by atoms with E-state index >= 15 is 0 Å². The van der Waals surface area contributed by atoms with Gasteiger partial charge in [-0.2, -0.15) is 5.10 Å². The SMILES string of the molecule is CCn1ccc(-c2cc(C(C)NC(=O)c3cc(N4CCN(C)CC4)ccc3C)c3ccccc3n2)n1. The van der Waals surface area contributed by atoms with Crippen molar-refractivity contribution in [1.29, 1.82) is 0 Å². The van der Waals surface area contributed by atoms with Crippen LogP contribution in [0.25, 0.3) is 22.3 Å². The van der Waals surface area contributed by atoms with E-state index in [4.69, 9.17) is 4.98 Å². The van der Waals surface area contributed by atoms with Crippen LogP contribution in [-0.4, -0.2) is 58.8 Å².